The molecule has 1 aromatic carbocycles. The molecule has 1 atom stereocenters. The van der Waals surface area contributed by atoms with Crippen LogP contribution in [0.5, 0.6) is 0 Å². The van der Waals surface area contributed by atoms with E-state index in [0.717, 1.165) is 24.9 Å². The van der Waals surface area contributed by atoms with E-state index in [4.69, 9.17) is 14.2 Å². The molecule has 0 aliphatic carbocycles. The van der Waals surface area contributed by atoms with Crippen LogP contribution in [0.1, 0.15) is 36.5 Å². The van der Waals surface area contributed by atoms with E-state index >= 15 is 0 Å². The smallest absolute Gasteiger partial charge is 0.317 e. The van der Waals surface area contributed by atoms with E-state index < -0.39 is 5.79 Å². The van der Waals surface area contributed by atoms with Crippen LogP contribution in [0.3, 0.4) is 0 Å². The fourth-order valence-corrected chi connectivity index (χ4v) is 3.98. The van der Waals surface area contributed by atoms with Gasteiger partial charge in [0.05, 0.1) is 26.4 Å². The second kappa shape index (κ2) is 6.94. The molecule has 0 spiro atoms. The maximum atomic E-state index is 12.6. The van der Waals surface area contributed by atoms with Gasteiger partial charge in [-0.05, 0) is 36.5 Å². The molecule has 136 valence electrons. The highest BCUT2D eigenvalue weighted by molar-refractivity contribution is 5.74. The van der Waals surface area contributed by atoms with Crippen molar-refractivity contribution < 1.29 is 19.0 Å². The first-order valence-corrected chi connectivity index (χ1v) is 9.13. The number of rotatable bonds is 3. The predicted octanol–water partition coefficient (Wildman–Crippen LogP) is 2.40. The second-order valence-electron chi connectivity index (χ2n) is 7.25. The normalized spacial score (nSPS) is 25.0. The number of urea groups is 1. The van der Waals surface area contributed by atoms with Crippen LogP contribution >= 0.6 is 0 Å². The lowest BCUT2D eigenvalue weighted by Gasteiger charge is -2.39. The number of hydrogen-bond donors (Lipinski definition) is 1. The van der Waals surface area contributed by atoms with Crippen molar-refractivity contribution in [2.45, 2.75) is 45.3 Å². The molecular formula is C19H26N2O4. The molecule has 6 heteroatoms. The van der Waals surface area contributed by atoms with Gasteiger partial charge in [0.25, 0.3) is 0 Å². The maximum absolute atomic E-state index is 12.6. The lowest BCUT2D eigenvalue weighted by molar-refractivity contribution is -0.189. The topological polar surface area (TPSA) is 60.0 Å². The van der Waals surface area contributed by atoms with E-state index in [1.54, 1.807) is 0 Å². The Morgan fingerprint density at radius 2 is 2.08 bits per heavy atom. The molecule has 3 aliphatic heterocycles. The summed E-state index contributed by atoms with van der Waals surface area (Å²) in [6.07, 6.45) is 2.02. The molecule has 25 heavy (non-hydrogen) atoms. The van der Waals surface area contributed by atoms with Gasteiger partial charge in [0.1, 0.15) is 0 Å². The Bertz CT molecular complexity index is 642. The number of benzene rings is 1. The first-order chi connectivity index (χ1) is 12.1. The highest BCUT2D eigenvalue weighted by Crippen LogP contribution is 2.34. The predicted molar refractivity (Wildman–Crippen MR) is 91.8 cm³/mol. The number of amides is 2. The van der Waals surface area contributed by atoms with Gasteiger partial charge in [-0.2, -0.15) is 0 Å². The Morgan fingerprint density at radius 1 is 1.28 bits per heavy atom. The lowest BCUT2D eigenvalue weighted by Crippen LogP contribution is -2.51. The zero-order valence-electron chi connectivity index (χ0n) is 14.8. The average molecular weight is 346 g/mol. The van der Waals surface area contributed by atoms with Crippen molar-refractivity contribution in [3.05, 3.63) is 34.9 Å². The summed E-state index contributed by atoms with van der Waals surface area (Å²) in [7, 11) is 0. The van der Waals surface area contributed by atoms with Gasteiger partial charge in [0, 0.05) is 25.6 Å². The Kier molecular flexibility index (Phi) is 4.67. The molecule has 1 N–H and O–H groups in total. The molecule has 3 heterocycles. The van der Waals surface area contributed by atoms with Crippen molar-refractivity contribution in [1.82, 2.24) is 10.2 Å². The molecule has 0 radical (unpaired) electrons. The van der Waals surface area contributed by atoms with Crippen molar-refractivity contribution in [2.24, 2.45) is 5.92 Å². The molecule has 2 fully saturated rings. The van der Waals surface area contributed by atoms with E-state index in [0.29, 0.717) is 39.5 Å². The Hall–Kier alpha value is -1.63. The Labute approximate surface area is 148 Å². The van der Waals surface area contributed by atoms with Crippen LogP contribution in [0.25, 0.3) is 0 Å². The molecule has 2 saturated heterocycles. The van der Waals surface area contributed by atoms with Crippen LogP contribution in [-0.4, -0.2) is 43.0 Å². The molecule has 0 bridgehead atoms. The number of nitrogens with one attached hydrogen (secondary N) is 1. The molecule has 4 rings (SSSR count). The number of carbonyl (C=O) groups excluding carboxylic acids is 1. The Balaban J connectivity index is 1.33. The third-order valence-corrected chi connectivity index (χ3v) is 5.54. The van der Waals surface area contributed by atoms with Gasteiger partial charge in [-0.3, -0.25) is 0 Å². The fraction of sp³-hybridized carbons (Fsp3) is 0.632. The highest BCUT2D eigenvalue weighted by atomic mass is 16.7. The number of ether oxygens (including phenoxy) is 3. The molecule has 1 aromatic rings. The van der Waals surface area contributed by atoms with E-state index in [-0.39, 0.29) is 11.9 Å². The highest BCUT2D eigenvalue weighted by Gasteiger charge is 2.42. The van der Waals surface area contributed by atoms with Crippen LogP contribution in [0.4, 0.5) is 4.79 Å². The van der Waals surface area contributed by atoms with Gasteiger partial charge in [-0.1, -0.05) is 18.2 Å². The van der Waals surface area contributed by atoms with Crippen LogP contribution in [0.2, 0.25) is 0 Å². The van der Waals surface area contributed by atoms with Crippen molar-refractivity contribution in [3.8, 4) is 0 Å². The Morgan fingerprint density at radius 3 is 2.92 bits per heavy atom. The van der Waals surface area contributed by atoms with Gasteiger partial charge in [0.15, 0.2) is 5.79 Å². The summed E-state index contributed by atoms with van der Waals surface area (Å²) in [6, 6.07) is 6.27. The average Bonchev–Trinajstić information content (AvgIpc) is 3.29. The number of piperidine rings is 1. The summed E-state index contributed by atoms with van der Waals surface area (Å²) in [5.74, 6) is -0.314. The fourth-order valence-electron chi connectivity index (χ4n) is 3.98. The quantitative estimate of drug-likeness (QED) is 0.913. The number of carbonyl (C=O) groups is 1. The molecule has 0 saturated carbocycles. The lowest BCUT2D eigenvalue weighted by atomic mass is 9.90. The van der Waals surface area contributed by atoms with E-state index in [1.165, 1.54) is 11.1 Å². The maximum Gasteiger partial charge on any atom is 0.317 e. The number of nitrogens with zero attached hydrogens (tertiary/aromatic N) is 1. The SMILES string of the molecule is CC1([C@@H]2CCCN(C(=O)NCc3ccc4c(c3)COC4)C2)OCCO1. The van der Waals surface area contributed by atoms with Gasteiger partial charge in [-0.25, -0.2) is 4.79 Å². The number of fused-ring (bicyclic) bond motifs is 1. The van der Waals surface area contributed by atoms with Crippen molar-refractivity contribution in [2.75, 3.05) is 26.3 Å². The number of hydrogen-bond acceptors (Lipinski definition) is 4. The zero-order valence-corrected chi connectivity index (χ0v) is 14.8. The van der Waals surface area contributed by atoms with Crippen molar-refractivity contribution in [1.29, 1.82) is 0 Å². The molecule has 2 amide bonds. The summed E-state index contributed by atoms with van der Waals surface area (Å²) < 4.78 is 17.0. The standard InChI is InChI=1S/C19H26N2O4/c1-19(24-7-8-25-19)17-3-2-6-21(11-17)18(22)20-10-14-4-5-15-12-23-13-16(15)9-14/h4-5,9,17H,2-3,6-8,10-13H2,1H3,(H,20,22)/t17-/m1/s1. The number of likely N-dealkylation sites (tertiary alicyclic amines) is 1. The van der Waals surface area contributed by atoms with Crippen LogP contribution < -0.4 is 5.32 Å². The van der Waals surface area contributed by atoms with Crippen LogP contribution in [0, 0.1) is 5.92 Å². The minimum absolute atomic E-state index is 0.0111. The first-order valence-electron chi connectivity index (χ1n) is 9.13. The van der Waals surface area contributed by atoms with E-state index in [1.807, 2.05) is 11.8 Å². The largest absolute Gasteiger partial charge is 0.372 e. The van der Waals surface area contributed by atoms with Gasteiger partial charge < -0.3 is 24.4 Å². The molecule has 0 unspecified atom stereocenters. The molecule has 0 aromatic heterocycles. The van der Waals surface area contributed by atoms with Crippen molar-refractivity contribution in [3.63, 3.8) is 0 Å². The van der Waals surface area contributed by atoms with E-state index in [9.17, 15) is 4.79 Å². The summed E-state index contributed by atoms with van der Waals surface area (Å²) >= 11 is 0. The molecule has 6 nitrogen and oxygen atoms in total. The van der Waals surface area contributed by atoms with Gasteiger partial charge in [0.2, 0.25) is 0 Å². The summed E-state index contributed by atoms with van der Waals surface area (Å²) in [5.41, 5.74) is 3.59. The molecular weight excluding hydrogens is 320 g/mol. The first kappa shape index (κ1) is 16.8. The van der Waals surface area contributed by atoms with Gasteiger partial charge >= 0.3 is 6.03 Å². The minimum atomic E-state index is -0.543. The van der Waals surface area contributed by atoms with Gasteiger partial charge in [-0.15, -0.1) is 0 Å². The second-order valence-corrected chi connectivity index (χ2v) is 7.25. The third kappa shape index (κ3) is 3.52. The third-order valence-electron chi connectivity index (χ3n) is 5.54. The van der Waals surface area contributed by atoms with Crippen molar-refractivity contribution >= 4 is 6.03 Å². The van der Waals surface area contributed by atoms with Crippen LogP contribution in [0.15, 0.2) is 18.2 Å². The van der Waals surface area contributed by atoms with E-state index in [2.05, 4.69) is 23.5 Å². The zero-order chi connectivity index (χ0) is 17.3. The summed E-state index contributed by atoms with van der Waals surface area (Å²) in [4.78, 5) is 14.5. The van der Waals surface area contributed by atoms with Crippen LogP contribution in [-0.2, 0) is 34.0 Å². The monoisotopic (exact) mass is 346 g/mol. The summed E-state index contributed by atoms with van der Waals surface area (Å²) in [5, 5.41) is 3.05. The minimum Gasteiger partial charge on any atom is -0.372 e. The summed E-state index contributed by atoms with van der Waals surface area (Å²) in [6.45, 7) is 6.65. The molecule has 3 aliphatic rings.